The number of hydrogen-bond donors (Lipinski definition) is 2. The molecular weight excluding hydrogens is 361 g/mol. The van der Waals surface area contributed by atoms with Crippen LogP contribution in [0.15, 0.2) is 17.0 Å². The molecule has 0 aromatic heterocycles. The molecule has 130 valence electrons. The van der Waals surface area contributed by atoms with E-state index in [-0.39, 0.29) is 22.4 Å². The molecule has 1 unspecified atom stereocenters. The zero-order chi connectivity index (χ0) is 17.0. The van der Waals surface area contributed by atoms with E-state index in [9.17, 15) is 13.5 Å². The van der Waals surface area contributed by atoms with Gasteiger partial charge in [0.25, 0.3) is 0 Å². The number of sulfonamides is 1. The zero-order valence-corrected chi connectivity index (χ0v) is 15.2. The van der Waals surface area contributed by atoms with Crippen LogP contribution in [0.4, 0.5) is 0 Å². The van der Waals surface area contributed by atoms with Gasteiger partial charge in [-0.25, -0.2) is 13.1 Å². The van der Waals surface area contributed by atoms with E-state index in [1.54, 1.807) is 6.92 Å². The Bertz CT molecular complexity index is 645. The van der Waals surface area contributed by atoms with Crippen LogP contribution in [-0.4, -0.2) is 39.4 Å². The summed E-state index contributed by atoms with van der Waals surface area (Å²) < 4.78 is 32.4. The van der Waals surface area contributed by atoms with Crippen LogP contribution in [-0.2, 0) is 14.8 Å². The van der Waals surface area contributed by atoms with Crippen LogP contribution < -0.4 is 4.72 Å². The molecule has 23 heavy (non-hydrogen) atoms. The van der Waals surface area contributed by atoms with E-state index in [2.05, 4.69) is 4.72 Å². The lowest BCUT2D eigenvalue weighted by Gasteiger charge is -2.26. The van der Waals surface area contributed by atoms with E-state index in [1.165, 1.54) is 12.1 Å². The fourth-order valence-electron chi connectivity index (χ4n) is 2.59. The van der Waals surface area contributed by atoms with E-state index < -0.39 is 16.1 Å². The second-order valence-electron chi connectivity index (χ2n) is 5.74. The van der Waals surface area contributed by atoms with Crippen LogP contribution in [0.2, 0.25) is 10.0 Å². The first-order chi connectivity index (χ1) is 10.8. The number of ether oxygens (including phenoxy) is 1. The summed E-state index contributed by atoms with van der Waals surface area (Å²) in [5.41, 5.74) is 0.638. The monoisotopic (exact) mass is 381 g/mol. The van der Waals surface area contributed by atoms with Crippen molar-refractivity contribution >= 4 is 33.2 Å². The molecule has 0 spiro atoms. The standard InChI is InChI=1S/C15H21Cl2NO4S/c1-10-8-15(13(17)9-12(10)16)23(20,21)18-5-2-14(19)11-3-6-22-7-4-11/h8-9,11,14,18-19H,2-7H2,1H3. The van der Waals surface area contributed by atoms with E-state index >= 15 is 0 Å². The largest absolute Gasteiger partial charge is 0.393 e. The van der Waals surface area contributed by atoms with Crippen LogP contribution in [0, 0.1) is 12.8 Å². The first kappa shape index (κ1) is 19.0. The maximum absolute atomic E-state index is 12.3. The van der Waals surface area contributed by atoms with Crippen molar-refractivity contribution in [3.63, 3.8) is 0 Å². The fraction of sp³-hybridized carbons (Fsp3) is 0.600. The molecule has 2 rings (SSSR count). The molecule has 2 N–H and O–H groups in total. The summed E-state index contributed by atoms with van der Waals surface area (Å²) in [5, 5.41) is 10.6. The Hall–Kier alpha value is -0.370. The summed E-state index contributed by atoms with van der Waals surface area (Å²) in [5.74, 6) is 0.162. The number of aliphatic hydroxyl groups excluding tert-OH is 1. The van der Waals surface area contributed by atoms with Gasteiger partial charge >= 0.3 is 0 Å². The minimum Gasteiger partial charge on any atom is -0.393 e. The van der Waals surface area contributed by atoms with E-state index in [0.717, 1.165) is 12.8 Å². The molecule has 1 fully saturated rings. The van der Waals surface area contributed by atoms with Crippen molar-refractivity contribution in [3.8, 4) is 0 Å². The van der Waals surface area contributed by atoms with Gasteiger partial charge in [-0.2, -0.15) is 0 Å². The Morgan fingerprint density at radius 1 is 1.30 bits per heavy atom. The molecular formula is C15H21Cl2NO4S. The van der Waals surface area contributed by atoms with Crippen molar-refractivity contribution < 1.29 is 18.3 Å². The maximum Gasteiger partial charge on any atom is 0.242 e. The second-order valence-corrected chi connectivity index (χ2v) is 8.29. The molecule has 1 saturated heterocycles. The Kier molecular flexibility index (Phi) is 6.71. The van der Waals surface area contributed by atoms with Gasteiger partial charge in [-0.3, -0.25) is 0 Å². The quantitative estimate of drug-likeness (QED) is 0.794. The molecule has 0 amide bonds. The van der Waals surface area contributed by atoms with Crippen LogP contribution in [0.3, 0.4) is 0 Å². The van der Waals surface area contributed by atoms with E-state index in [4.69, 9.17) is 27.9 Å². The summed E-state index contributed by atoms with van der Waals surface area (Å²) >= 11 is 11.9. The molecule has 5 nitrogen and oxygen atoms in total. The van der Waals surface area contributed by atoms with Gasteiger partial charge in [0.2, 0.25) is 10.0 Å². The highest BCUT2D eigenvalue weighted by Gasteiger charge is 2.23. The second kappa shape index (κ2) is 8.14. The molecule has 0 aliphatic carbocycles. The summed E-state index contributed by atoms with van der Waals surface area (Å²) in [6.45, 7) is 3.16. The molecule has 0 saturated carbocycles. The van der Waals surface area contributed by atoms with E-state index in [0.29, 0.717) is 30.2 Å². The van der Waals surface area contributed by atoms with Gasteiger partial charge in [-0.15, -0.1) is 0 Å². The minimum atomic E-state index is -3.73. The summed E-state index contributed by atoms with van der Waals surface area (Å²) in [4.78, 5) is 0.00150. The van der Waals surface area contributed by atoms with Gasteiger partial charge in [0.1, 0.15) is 4.90 Å². The molecule has 1 atom stereocenters. The Labute approximate surface area is 147 Å². The molecule has 0 radical (unpaired) electrons. The fourth-order valence-corrected chi connectivity index (χ4v) is 4.47. The number of rotatable bonds is 6. The third-order valence-electron chi connectivity index (χ3n) is 4.04. The molecule has 8 heteroatoms. The smallest absolute Gasteiger partial charge is 0.242 e. The Balaban J connectivity index is 1.95. The van der Waals surface area contributed by atoms with Crippen LogP contribution in [0.5, 0.6) is 0 Å². The lowest BCUT2D eigenvalue weighted by molar-refractivity contribution is 0.00567. The number of halogens is 2. The molecule has 1 aromatic carbocycles. The Morgan fingerprint density at radius 2 is 1.96 bits per heavy atom. The topological polar surface area (TPSA) is 75.6 Å². The first-order valence-corrected chi connectivity index (χ1v) is 9.76. The summed E-state index contributed by atoms with van der Waals surface area (Å²) in [6.07, 6.45) is 1.42. The van der Waals surface area contributed by atoms with Gasteiger partial charge in [0, 0.05) is 24.8 Å². The van der Waals surface area contributed by atoms with Crippen molar-refractivity contribution in [3.05, 3.63) is 27.7 Å². The van der Waals surface area contributed by atoms with E-state index in [1.807, 2.05) is 0 Å². The Morgan fingerprint density at radius 3 is 2.61 bits per heavy atom. The van der Waals surface area contributed by atoms with Gasteiger partial charge in [-0.05, 0) is 49.8 Å². The molecule has 0 bridgehead atoms. The lowest BCUT2D eigenvalue weighted by Crippen LogP contribution is -2.32. The average Bonchev–Trinajstić information content (AvgIpc) is 2.51. The molecule has 1 aromatic rings. The number of hydrogen-bond acceptors (Lipinski definition) is 4. The van der Waals surface area contributed by atoms with Gasteiger partial charge in [0.15, 0.2) is 0 Å². The van der Waals surface area contributed by atoms with Crippen LogP contribution in [0.25, 0.3) is 0 Å². The van der Waals surface area contributed by atoms with Gasteiger partial charge in [-0.1, -0.05) is 23.2 Å². The van der Waals surface area contributed by atoms with Crippen molar-refractivity contribution in [1.29, 1.82) is 0 Å². The normalized spacial score (nSPS) is 18.1. The summed E-state index contributed by atoms with van der Waals surface area (Å²) in [6, 6.07) is 2.87. The average molecular weight is 382 g/mol. The van der Waals surface area contributed by atoms with Gasteiger partial charge in [0.05, 0.1) is 11.1 Å². The van der Waals surface area contributed by atoms with Crippen LogP contribution in [0.1, 0.15) is 24.8 Å². The van der Waals surface area contributed by atoms with Crippen molar-refractivity contribution in [2.24, 2.45) is 5.92 Å². The highest BCUT2D eigenvalue weighted by Crippen LogP contribution is 2.28. The number of aryl methyl sites for hydroxylation is 1. The lowest BCUT2D eigenvalue weighted by atomic mass is 9.92. The molecule has 1 aliphatic heterocycles. The first-order valence-electron chi connectivity index (χ1n) is 7.52. The SMILES string of the molecule is Cc1cc(S(=O)(=O)NCCC(O)C2CCOCC2)c(Cl)cc1Cl. The zero-order valence-electron chi connectivity index (χ0n) is 12.9. The highest BCUT2D eigenvalue weighted by molar-refractivity contribution is 7.89. The third kappa shape index (κ3) is 5.05. The van der Waals surface area contributed by atoms with Crippen LogP contribution >= 0.6 is 23.2 Å². The maximum atomic E-state index is 12.3. The third-order valence-corrected chi connectivity index (χ3v) is 6.38. The summed E-state index contributed by atoms with van der Waals surface area (Å²) in [7, 11) is -3.73. The van der Waals surface area contributed by atoms with Crippen molar-refractivity contribution in [2.75, 3.05) is 19.8 Å². The number of benzene rings is 1. The van der Waals surface area contributed by atoms with Crippen molar-refractivity contribution in [2.45, 2.75) is 37.2 Å². The number of nitrogens with one attached hydrogen (secondary N) is 1. The predicted octanol–water partition coefficient (Wildman–Crippen LogP) is 2.76. The molecule has 1 aliphatic rings. The highest BCUT2D eigenvalue weighted by atomic mass is 35.5. The number of aliphatic hydroxyl groups is 1. The predicted molar refractivity (Wildman–Crippen MR) is 90.6 cm³/mol. The van der Waals surface area contributed by atoms with Crippen molar-refractivity contribution in [1.82, 2.24) is 4.72 Å². The molecule has 1 heterocycles. The van der Waals surface area contributed by atoms with Gasteiger partial charge < -0.3 is 9.84 Å². The minimum absolute atomic E-state index is 0.00150.